The zero-order valence-electron chi connectivity index (χ0n) is 47.9. The molecule has 3 atom stereocenters. The van der Waals surface area contributed by atoms with Crippen LogP contribution < -0.4 is 10.2 Å². The Labute approximate surface area is 442 Å². The first-order chi connectivity index (χ1) is 34.5. The van der Waals surface area contributed by atoms with E-state index in [4.69, 9.17) is 9.05 Å². The lowest BCUT2D eigenvalue weighted by Gasteiger charge is -2.29. The van der Waals surface area contributed by atoms with Gasteiger partial charge in [0.25, 0.3) is 7.82 Å². The van der Waals surface area contributed by atoms with Crippen molar-refractivity contribution in [2.75, 3.05) is 40.9 Å². The maximum Gasteiger partial charge on any atom is 0.268 e. The molecular weight excluding hydrogens is 900 g/mol. The largest absolute Gasteiger partial charge is 0.756 e. The van der Waals surface area contributed by atoms with Crippen molar-refractivity contribution >= 4 is 13.7 Å². The number of phosphoric acid groups is 1. The summed E-state index contributed by atoms with van der Waals surface area (Å²) in [6, 6.07) is -0.905. The highest BCUT2D eigenvalue weighted by molar-refractivity contribution is 7.45. The van der Waals surface area contributed by atoms with Gasteiger partial charge in [0.05, 0.1) is 39.9 Å². The van der Waals surface area contributed by atoms with Crippen molar-refractivity contribution in [2.45, 2.75) is 315 Å². The number of likely N-dealkylation sites (N-methyl/N-ethyl adjacent to an activating group) is 1. The average Bonchev–Trinajstić information content (AvgIpc) is 3.33. The normalized spacial score (nSPS) is 14.1. The fraction of sp³-hybridized carbons (Fsp3) is 0.887. The molecule has 0 aromatic heterocycles. The Bertz CT molecular complexity index is 1250. The molecule has 0 heterocycles. The Morgan fingerprint density at radius 3 is 1.14 bits per heavy atom. The first-order valence-electron chi connectivity index (χ1n) is 30.9. The minimum atomic E-state index is -4.61. The number of aliphatic hydroxyl groups excluding tert-OH is 1. The molecule has 1 amide bonds. The number of aliphatic hydroxyl groups is 1. The number of amides is 1. The highest BCUT2D eigenvalue weighted by Crippen LogP contribution is 2.38. The van der Waals surface area contributed by atoms with Crippen LogP contribution in [0.25, 0.3) is 0 Å². The van der Waals surface area contributed by atoms with Crippen molar-refractivity contribution in [3.63, 3.8) is 0 Å². The lowest BCUT2D eigenvalue weighted by Crippen LogP contribution is -2.45. The summed E-state index contributed by atoms with van der Waals surface area (Å²) in [5.74, 6) is -0.206. The molecule has 0 radical (unpaired) electrons. The van der Waals surface area contributed by atoms with Crippen LogP contribution in [0.3, 0.4) is 0 Å². The SMILES string of the molecule is CCCCCCCCCCCCCC/C=C\CCCCCCCCCCC(=O)NC(COP(=O)([O-])OCC[N+](C)(C)C)C(O)/C=C/CC/C=C/CCCCCCCCCCCCCCCCCCCCC. The van der Waals surface area contributed by atoms with Crippen LogP contribution in [-0.4, -0.2) is 68.5 Å². The molecule has 0 aromatic rings. The van der Waals surface area contributed by atoms with Gasteiger partial charge in [-0.05, 0) is 57.8 Å². The van der Waals surface area contributed by atoms with Crippen molar-refractivity contribution in [1.29, 1.82) is 0 Å². The van der Waals surface area contributed by atoms with Crippen LogP contribution in [0, 0.1) is 0 Å². The second-order valence-electron chi connectivity index (χ2n) is 22.4. The standard InChI is InChI=1S/C62H121N2O6P/c1-6-8-10-12-14-16-18-20-22-24-26-28-30-32-33-35-37-39-41-43-45-47-49-51-53-55-61(65)60(59-70-71(67,68)69-58-57-64(3,4)5)63-62(66)56-54-52-50-48-46-44-42-40-38-36-34-31-29-27-25-23-21-19-17-15-13-11-9-7-2/h34,36,45,47,53,55,60-61,65H,6-33,35,37-44,46,48-52,54,56-59H2,1-5H3,(H-,63,66,67,68)/b36-34-,47-45+,55-53+. The molecule has 3 unspecified atom stereocenters. The molecule has 0 fully saturated rings. The molecule has 0 aliphatic rings. The molecule has 9 heteroatoms. The molecule has 0 spiro atoms. The minimum Gasteiger partial charge on any atom is -0.756 e. The van der Waals surface area contributed by atoms with Crippen LogP contribution in [0.1, 0.15) is 303 Å². The highest BCUT2D eigenvalue weighted by atomic mass is 31.2. The second kappa shape index (κ2) is 53.5. The molecule has 0 bridgehead atoms. The van der Waals surface area contributed by atoms with Crippen LogP contribution in [0.2, 0.25) is 0 Å². The van der Waals surface area contributed by atoms with Crippen LogP contribution in [0.5, 0.6) is 0 Å². The van der Waals surface area contributed by atoms with Gasteiger partial charge in [0.1, 0.15) is 13.2 Å². The predicted octanol–water partition coefficient (Wildman–Crippen LogP) is 18.3. The predicted molar refractivity (Wildman–Crippen MR) is 307 cm³/mol. The summed E-state index contributed by atoms with van der Waals surface area (Å²) in [5.41, 5.74) is 0. The van der Waals surface area contributed by atoms with Crippen LogP contribution >= 0.6 is 7.82 Å². The fourth-order valence-electron chi connectivity index (χ4n) is 9.23. The quantitative estimate of drug-likeness (QED) is 0.0272. The van der Waals surface area contributed by atoms with Crippen molar-refractivity contribution in [3.05, 3.63) is 36.5 Å². The topological polar surface area (TPSA) is 108 Å². The van der Waals surface area contributed by atoms with Gasteiger partial charge in [-0.1, -0.05) is 275 Å². The van der Waals surface area contributed by atoms with Gasteiger partial charge in [-0.25, -0.2) is 0 Å². The van der Waals surface area contributed by atoms with E-state index < -0.39 is 26.6 Å². The molecule has 0 saturated carbocycles. The van der Waals surface area contributed by atoms with Crippen molar-refractivity contribution < 1.29 is 32.9 Å². The van der Waals surface area contributed by atoms with Crippen LogP contribution in [-0.2, 0) is 18.4 Å². The van der Waals surface area contributed by atoms with Crippen LogP contribution in [0.15, 0.2) is 36.5 Å². The second-order valence-corrected chi connectivity index (χ2v) is 23.8. The third-order valence-corrected chi connectivity index (χ3v) is 15.0. The van der Waals surface area contributed by atoms with E-state index in [9.17, 15) is 19.4 Å². The van der Waals surface area contributed by atoms with E-state index in [-0.39, 0.29) is 12.5 Å². The van der Waals surface area contributed by atoms with Crippen molar-refractivity contribution in [1.82, 2.24) is 5.32 Å². The smallest absolute Gasteiger partial charge is 0.268 e. The summed E-state index contributed by atoms with van der Waals surface area (Å²) >= 11 is 0. The number of rotatable bonds is 57. The minimum absolute atomic E-state index is 0.00620. The van der Waals surface area contributed by atoms with E-state index in [1.54, 1.807) is 6.08 Å². The third kappa shape index (κ3) is 56.3. The van der Waals surface area contributed by atoms with E-state index in [0.29, 0.717) is 17.4 Å². The number of hydrogen-bond acceptors (Lipinski definition) is 6. The van der Waals surface area contributed by atoms with E-state index in [1.165, 1.54) is 244 Å². The number of phosphoric ester groups is 1. The van der Waals surface area contributed by atoms with Gasteiger partial charge in [0, 0.05) is 6.42 Å². The molecule has 2 N–H and O–H groups in total. The number of allylic oxidation sites excluding steroid dienone is 5. The summed E-state index contributed by atoms with van der Waals surface area (Å²) in [4.78, 5) is 25.5. The van der Waals surface area contributed by atoms with Gasteiger partial charge in [0.2, 0.25) is 5.91 Å². The molecule has 8 nitrogen and oxygen atoms in total. The first-order valence-corrected chi connectivity index (χ1v) is 32.3. The van der Waals surface area contributed by atoms with E-state index >= 15 is 0 Å². The van der Waals surface area contributed by atoms with E-state index in [1.807, 2.05) is 27.2 Å². The molecule has 420 valence electrons. The summed E-state index contributed by atoms with van der Waals surface area (Å²) < 4.78 is 23.4. The van der Waals surface area contributed by atoms with Gasteiger partial charge in [0.15, 0.2) is 0 Å². The number of carbonyl (C=O) groups excluding carboxylic acids is 1. The van der Waals surface area contributed by atoms with Crippen LogP contribution in [0.4, 0.5) is 0 Å². The molecule has 0 saturated heterocycles. The Kier molecular flexibility index (Phi) is 52.6. The maximum atomic E-state index is 13.0. The molecule has 71 heavy (non-hydrogen) atoms. The van der Waals surface area contributed by atoms with E-state index in [2.05, 4.69) is 43.5 Å². The number of hydrogen-bond donors (Lipinski definition) is 2. The van der Waals surface area contributed by atoms with Gasteiger partial charge >= 0.3 is 0 Å². The zero-order valence-corrected chi connectivity index (χ0v) is 48.8. The average molecular weight is 1020 g/mol. The first kappa shape index (κ1) is 69.7. The Morgan fingerprint density at radius 1 is 0.479 bits per heavy atom. The number of carbonyl (C=O) groups is 1. The summed E-state index contributed by atoms with van der Waals surface area (Å²) in [5, 5.41) is 13.9. The maximum absolute atomic E-state index is 13.0. The number of unbranched alkanes of at least 4 members (excludes halogenated alkanes) is 40. The zero-order chi connectivity index (χ0) is 52.0. The molecule has 0 rings (SSSR count). The number of quaternary nitrogens is 1. The van der Waals surface area contributed by atoms with E-state index in [0.717, 1.165) is 38.5 Å². The van der Waals surface area contributed by atoms with Crippen molar-refractivity contribution in [3.8, 4) is 0 Å². The van der Waals surface area contributed by atoms with Gasteiger partial charge in [-0.15, -0.1) is 0 Å². The van der Waals surface area contributed by atoms with Gasteiger partial charge in [-0.2, -0.15) is 0 Å². The molecule has 0 aliphatic heterocycles. The van der Waals surface area contributed by atoms with Gasteiger partial charge < -0.3 is 28.8 Å². The Hall–Kier alpha value is -1.28. The Morgan fingerprint density at radius 2 is 0.789 bits per heavy atom. The Balaban J connectivity index is 4.21. The lowest BCUT2D eigenvalue weighted by molar-refractivity contribution is -0.870. The third-order valence-electron chi connectivity index (χ3n) is 14.1. The highest BCUT2D eigenvalue weighted by Gasteiger charge is 2.23. The van der Waals surface area contributed by atoms with Crippen molar-refractivity contribution in [2.24, 2.45) is 0 Å². The summed E-state index contributed by atoms with van der Waals surface area (Å²) in [6.45, 7) is 4.67. The molecule has 0 aliphatic carbocycles. The number of nitrogens with zero attached hydrogens (tertiary/aromatic N) is 1. The van der Waals surface area contributed by atoms with Gasteiger partial charge in [-0.3, -0.25) is 9.36 Å². The summed E-state index contributed by atoms with van der Waals surface area (Å²) in [7, 11) is 1.25. The monoisotopic (exact) mass is 1020 g/mol. The summed E-state index contributed by atoms with van der Waals surface area (Å²) in [6.07, 6.45) is 69.5. The fourth-order valence-corrected chi connectivity index (χ4v) is 9.95. The number of nitrogens with one attached hydrogen (secondary N) is 1. The lowest BCUT2D eigenvalue weighted by atomic mass is 10.0. The molecular formula is C62H121N2O6P. The molecule has 0 aromatic carbocycles.